The zero-order chi connectivity index (χ0) is 13.4. The second-order valence-electron chi connectivity index (χ2n) is 7.09. The van der Waals surface area contributed by atoms with Gasteiger partial charge in [0.15, 0.2) is 0 Å². The summed E-state index contributed by atoms with van der Waals surface area (Å²) in [7, 11) is 0. The predicted molar refractivity (Wildman–Crippen MR) is 78.1 cm³/mol. The average Bonchev–Trinajstić information content (AvgIpc) is 2.35. The molecule has 4 rings (SSSR count). The fourth-order valence-corrected chi connectivity index (χ4v) is 5.39. The molecule has 1 N–H and O–H groups in total. The summed E-state index contributed by atoms with van der Waals surface area (Å²) in [6.07, 6.45) is 8.76. The molecule has 3 heteroatoms. The van der Waals surface area contributed by atoms with Gasteiger partial charge in [-0.05, 0) is 62.2 Å². The van der Waals surface area contributed by atoms with E-state index in [-0.39, 0.29) is 5.38 Å². The van der Waals surface area contributed by atoms with E-state index in [1.807, 2.05) is 0 Å². The first kappa shape index (κ1) is 13.7. The molecule has 19 heavy (non-hydrogen) atoms. The monoisotopic (exact) mass is 283 g/mol. The highest BCUT2D eigenvalue weighted by molar-refractivity contribution is 6.20. The molecule has 4 saturated carbocycles. The summed E-state index contributed by atoms with van der Waals surface area (Å²) >= 11 is 6.20. The number of carbonyl (C=O) groups is 1. The molecule has 2 nitrogen and oxygen atoms in total. The first-order chi connectivity index (χ1) is 9.17. The minimum Gasteiger partial charge on any atom is -0.354 e. The molecule has 1 amide bonds. The average molecular weight is 284 g/mol. The van der Waals surface area contributed by atoms with Gasteiger partial charge >= 0.3 is 0 Å². The lowest BCUT2D eigenvalue weighted by Crippen LogP contribution is -2.51. The highest BCUT2D eigenvalue weighted by Gasteiger charge is 2.50. The van der Waals surface area contributed by atoms with Gasteiger partial charge in [-0.25, -0.2) is 0 Å². The molecule has 0 spiro atoms. The standard InChI is InChI=1S/C16H26ClNO/c1-2-3-14(17)9-18-16(19)15-12-5-10-4-11(7-12)8-13(15)6-10/h10-15H,2-9H2,1H3,(H,18,19). The smallest absolute Gasteiger partial charge is 0.223 e. The number of rotatable bonds is 5. The molecule has 0 saturated heterocycles. The lowest BCUT2D eigenvalue weighted by molar-refractivity contribution is -0.138. The number of alkyl halides is 1. The minimum absolute atomic E-state index is 0.103. The highest BCUT2D eigenvalue weighted by Crippen LogP contribution is 2.56. The van der Waals surface area contributed by atoms with Crippen molar-refractivity contribution >= 4 is 17.5 Å². The molecular formula is C16H26ClNO. The first-order valence-corrected chi connectivity index (χ1v) is 8.52. The Morgan fingerprint density at radius 3 is 2.26 bits per heavy atom. The zero-order valence-corrected chi connectivity index (χ0v) is 12.7. The van der Waals surface area contributed by atoms with Crippen LogP contribution in [0.2, 0.25) is 0 Å². The summed E-state index contributed by atoms with van der Waals surface area (Å²) in [5.41, 5.74) is 0. The third kappa shape index (κ3) is 2.79. The van der Waals surface area contributed by atoms with Crippen LogP contribution in [-0.2, 0) is 4.79 Å². The van der Waals surface area contributed by atoms with Gasteiger partial charge in [-0.15, -0.1) is 11.6 Å². The Balaban J connectivity index is 1.55. The molecule has 0 heterocycles. The van der Waals surface area contributed by atoms with Crippen molar-refractivity contribution in [2.45, 2.75) is 57.2 Å². The van der Waals surface area contributed by atoms with Crippen LogP contribution in [0.1, 0.15) is 51.9 Å². The van der Waals surface area contributed by atoms with Crippen LogP contribution < -0.4 is 5.32 Å². The molecule has 4 aliphatic rings. The van der Waals surface area contributed by atoms with Crippen LogP contribution in [0.5, 0.6) is 0 Å². The normalized spacial score (nSPS) is 41.3. The molecule has 0 radical (unpaired) electrons. The fraction of sp³-hybridized carbons (Fsp3) is 0.938. The number of amides is 1. The Bertz CT molecular complexity index is 316. The second-order valence-corrected chi connectivity index (χ2v) is 7.70. The van der Waals surface area contributed by atoms with E-state index in [9.17, 15) is 4.79 Å². The van der Waals surface area contributed by atoms with Crippen molar-refractivity contribution in [2.24, 2.45) is 29.6 Å². The molecule has 4 bridgehead atoms. The lowest BCUT2D eigenvalue weighted by Gasteiger charge is -2.53. The Morgan fingerprint density at radius 1 is 1.16 bits per heavy atom. The lowest BCUT2D eigenvalue weighted by atomic mass is 9.51. The van der Waals surface area contributed by atoms with Gasteiger partial charge in [-0.1, -0.05) is 13.3 Å². The SMILES string of the molecule is CCCC(Cl)CNC(=O)C1C2CC3CC(C2)CC1C3. The molecule has 1 atom stereocenters. The van der Waals surface area contributed by atoms with E-state index in [1.54, 1.807) is 0 Å². The van der Waals surface area contributed by atoms with Crippen LogP contribution in [0.4, 0.5) is 0 Å². The van der Waals surface area contributed by atoms with Gasteiger partial charge in [0.2, 0.25) is 5.91 Å². The van der Waals surface area contributed by atoms with Crippen LogP contribution in [-0.4, -0.2) is 17.8 Å². The summed E-state index contributed by atoms with van der Waals surface area (Å²) in [6.45, 7) is 2.78. The molecule has 0 aromatic carbocycles. The number of hydrogen-bond acceptors (Lipinski definition) is 1. The summed E-state index contributed by atoms with van der Waals surface area (Å²) in [5, 5.41) is 3.23. The Morgan fingerprint density at radius 2 is 1.74 bits per heavy atom. The van der Waals surface area contributed by atoms with E-state index in [2.05, 4.69) is 12.2 Å². The molecule has 108 valence electrons. The van der Waals surface area contributed by atoms with E-state index < -0.39 is 0 Å². The maximum Gasteiger partial charge on any atom is 0.223 e. The second kappa shape index (κ2) is 5.63. The van der Waals surface area contributed by atoms with Crippen LogP contribution >= 0.6 is 11.6 Å². The van der Waals surface area contributed by atoms with Crippen molar-refractivity contribution in [2.75, 3.05) is 6.54 Å². The Hall–Kier alpha value is -0.240. The predicted octanol–water partition coefficient (Wildman–Crippen LogP) is 3.58. The van der Waals surface area contributed by atoms with E-state index >= 15 is 0 Å². The molecule has 4 aliphatic carbocycles. The van der Waals surface area contributed by atoms with Crippen molar-refractivity contribution < 1.29 is 4.79 Å². The fourth-order valence-electron chi connectivity index (χ4n) is 5.10. The van der Waals surface area contributed by atoms with Crippen molar-refractivity contribution in [1.29, 1.82) is 0 Å². The molecule has 4 fully saturated rings. The molecule has 0 aromatic rings. The maximum atomic E-state index is 12.5. The summed E-state index contributed by atoms with van der Waals surface area (Å²) < 4.78 is 0. The molecule has 1 unspecified atom stereocenters. The van der Waals surface area contributed by atoms with E-state index in [4.69, 9.17) is 11.6 Å². The molecule has 0 aromatic heterocycles. The van der Waals surface area contributed by atoms with Crippen LogP contribution in [0.3, 0.4) is 0 Å². The molecule has 0 aliphatic heterocycles. The van der Waals surface area contributed by atoms with Gasteiger partial charge in [0, 0.05) is 12.5 Å². The summed E-state index contributed by atoms with van der Waals surface area (Å²) in [4.78, 5) is 12.5. The third-order valence-corrected chi connectivity index (χ3v) is 6.00. The Labute approximate surface area is 121 Å². The van der Waals surface area contributed by atoms with E-state index in [1.165, 1.54) is 32.1 Å². The van der Waals surface area contributed by atoms with Gasteiger partial charge in [0.25, 0.3) is 0 Å². The van der Waals surface area contributed by atoms with Gasteiger partial charge in [-0.3, -0.25) is 4.79 Å². The van der Waals surface area contributed by atoms with Crippen molar-refractivity contribution in [3.63, 3.8) is 0 Å². The quantitative estimate of drug-likeness (QED) is 0.768. The zero-order valence-electron chi connectivity index (χ0n) is 11.9. The van der Waals surface area contributed by atoms with Crippen LogP contribution in [0.25, 0.3) is 0 Å². The summed E-state index contributed by atoms with van der Waals surface area (Å²) in [6, 6.07) is 0. The van der Waals surface area contributed by atoms with Gasteiger partial charge in [0.05, 0.1) is 5.38 Å². The van der Waals surface area contributed by atoms with Crippen LogP contribution in [0.15, 0.2) is 0 Å². The molecular weight excluding hydrogens is 258 g/mol. The minimum atomic E-state index is 0.103. The highest BCUT2D eigenvalue weighted by atomic mass is 35.5. The van der Waals surface area contributed by atoms with E-state index in [0.29, 0.717) is 30.2 Å². The van der Waals surface area contributed by atoms with Gasteiger partial charge in [-0.2, -0.15) is 0 Å². The number of halogens is 1. The van der Waals surface area contributed by atoms with Crippen molar-refractivity contribution in [1.82, 2.24) is 5.32 Å². The van der Waals surface area contributed by atoms with Crippen molar-refractivity contribution in [3.8, 4) is 0 Å². The van der Waals surface area contributed by atoms with E-state index in [0.717, 1.165) is 24.7 Å². The number of hydrogen-bond donors (Lipinski definition) is 1. The largest absolute Gasteiger partial charge is 0.354 e. The first-order valence-electron chi connectivity index (χ1n) is 8.09. The van der Waals surface area contributed by atoms with Gasteiger partial charge < -0.3 is 5.32 Å². The third-order valence-electron chi connectivity index (χ3n) is 5.63. The van der Waals surface area contributed by atoms with Crippen LogP contribution in [0, 0.1) is 29.6 Å². The van der Waals surface area contributed by atoms with Gasteiger partial charge in [0.1, 0.15) is 0 Å². The topological polar surface area (TPSA) is 29.1 Å². The Kier molecular flexibility index (Phi) is 4.07. The van der Waals surface area contributed by atoms with Crippen molar-refractivity contribution in [3.05, 3.63) is 0 Å². The summed E-state index contributed by atoms with van der Waals surface area (Å²) in [5.74, 6) is 3.83. The maximum absolute atomic E-state index is 12.5. The number of carbonyl (C=O) groups excluding carboxylic acids is 1. The number of nitrogens with one attached hydrogen (secondary N) is 1.